The van der Waals surface area contributed by atoms with E-state index in [2.05, 4.69) is 13.2 Å². The fourth-order valence-corrected chi connectivity index (χ4v) is 7.59. The van der Waals surface area contributed by atoms with E-state index in [1.807, 2.05) is 68.4 Å². The average Bonchev–Trinajstić information content (AvgIpc) is 3.61. The third-order valence-corrected chi connectivity index (χ3v) is 9.50. The van der Waals surface area contributed by atoms with Crippen LogP contribution in [0.1, 0.15) is 45.1 Å². The summed E-state index contributed by atoms with van der Waals surface area (Å²) < 4.78 is 12.5. The fourth-order valence-electron chi connectivity index (χ4n) is 7.59. The number of aliphatic hydroxyl groups excluding tert-OH is 1. The van der Waals surface area contributed by atoms with E-state index in [0.29, 0.717) is 56.8 Å². The molecule has 45 heavy (non-hydrogen) atoms. The molecule has 9 nitrogen and oxygen atoms in total. The molecule has 3 amide bonds. The van der Waals surface area contributed by atoms with Gasteiger partial charge in [-0.15, -0.1) is 13.2 Å². The van der Waals surface area contributed by atoms with Crippen molar-refractivity contribution in [2.24, 2.45) is 11.8 Å². The molecule has 3 heterocycles. The van der Waals surface area contributed by atoms with E-state index in [0.717, 1.165) is 5.56 Å². The second kappa shape index (κ2) is 13.6. The number of fused-ring (bicyclic) bond motifs is 1. The molecule has 240 valence electrons. The molecule has 0 aliphatic carbocycles. The Morgan fingerprint density at radius 2 is 1.76 bits per heavy atom. The van der Waals surface area contributed by atoms with Gasteiger partial charge in [0.1, 0.15) is 17.4 Å². The smallest absolute Gasteiger partial charge is 0.248 e. The van der Waals surface area contributed by atoms with Gasteiger partial charge in [-0.2, -0.15) is 0 Å². The number of benzene rings is 2. The summed E-state index contributed by atoms with van der Waals surface area (Å²) in [5.74, 6) is -1.58. The molecule has 3 aliphatic heterocycles. The van der Waals surface area contributed by atoms with Crippen LogP contribution >= 0.6 is 0 Å². The van der Waals surface area contributed by atoms with Crippen LogP contribution in [0.5, 0.6) is 5.75 Å². The quantitative estimate of drug-likeness (QED) is 0.236. The molecule has 9 heteroatoms. The molecular weight excluding hydrogens is 570 g/mol. The van der Waals surface area contributed by atoms with Crippen molar-refractivity contribution in [2.75, 3.05) is 37.7 Å². The van der Waals surface area contributed by atoms with E-state index in [9.17, 15) is 19.5 Å². The predicted octanol–water partition coefficient (Wildman–Crippen LogP) is 4.36. The van der Waals surface area contributed by atoms with Gasteiger partial charge in [0.05, 0.1) is 24.0 Å². The lowest BCUT2D eigenvalue weighted by Gasteiger charge is -2.37. The fraction of sp³-hybridized carbons (Fsp3) is 0.472. The summed E-state index contributed by atoms with van der Waals surface area (Å²) in [7, 11) is 0. The van der Waals surface area contributed by atoms with Crippen molar-refractivity contribution in [2.45, 2.75) is 63.3 Å². The Hall–Kier alpha value is -3.95. The van der Waals surface area contributed by atoms with Gasteiger partial charge in [-0.3, -0.25) is 14.4 Å². The number of anilines is 1. The zero-order valence-electron chi connectivity index (χ0n) is 26.4. The van der Waals surface area contributed by atoms with Crippen molar-refractivity contribution in [1.29, 1.82) is 0 Å². The van der Waals surface area contributed by atoms with Crippen LogP contribution in [-0.4, -0.2) is 82.7 Å². The highest BCUT2D eigenvalue weighted by Crippen LogP contribution is 2.63. The number of ether oxygens (including phenoxy) is 2. The Morgan fingerprint density at radius 3 is 2.40 bits per heavy atom. The Morgan fingerprint density at radius 1 is 1.04 bits per heavy atom. The van der Waals surface area contributed by atoms with E-state index in [4.69, 9.17) is 9.47 Å². The van der Waals surface area contributed by atoms with E-state index in [1.54, 1.807) is 26.9 Å². The molecular formula is C36H45N3O6. The zero-order chi connectivity index (χ0) is 32.2. The molecule has 2 aromatic rings. The summed E-state index contributed by atoms with van der Waals surface area (Å²) in [6, 6.07) is 16.1. The summed E-state index contributed by atoms with van der Waals surface area (Å²) in [4.78, 5) is 48.7. The molecule has 2 bridgehead atoms. The topological polar surface area (TPSA) is 99.6 Å². The second-order valence-corrected chi connectivity index (χ2v) is 12.3. The number of aliphatic hydroxyl groups is 1. The van der Waals surface area contributed by atoms with Crippen molar-refractivity contribution in [1.82, 2.24) is 9.80 Å². The normalized spacial score (nSPS) is 26.4. The number of carbonyl (C=O) groups is 3. The Labute approximate surface area is 266 Å². The highest BCUT2D eigenvalue weighted by Gasteiger charge is 2.78. The SMILES string of the molecule is C=CCN(Cc1ccccc1)C(=O)C1N(CCCCO)C(=O)[C@@H]2[C@@H](C(=O)N(CC=C)c3ccc(OCC)cc3)[C@@]3(C)CCC12O3. The van der Waals surface area contributed by atoms with Gasteiger partial charge in [0.15, 0.2) is 0 Å². The molecule has 2 unspecified atom stereocenters. The van der Waals surface area contributed by atoms with E-state index < -0.39 is 29.1 Å². The average molecular weight is 616 g/mol. The first-order valence-electron chi connectivity index (χ1n) is 15.9. The van der Waals surface area contributed by atoms with Gasteiger partial charge in [-0.1, -0.05) is 42.5 Å². The monoisotopic (exact) mass is 615 g/mol. The summed E-state index contributed by atoms with van der Waals surface area (Å²) >= 11 is 0. The Bertz CT molecular complexity index is 1400. The number of rotatable bonds is 15. The number of nitrogens with zero attached hydrogens (tertiary/aromatic N) is 3. The number of amides is 3. The molecule has 1 spiro atoms. The maximum atomic E-state index is 14.6. The van der Waals surface area contributed by atoms with Crippen molar-refractivity contribution in [3.05, 3.63) is 85.5 Å². The van der Waals surface area contributed by atoms with Crippen LogP contribution < -0.4 is 9.64 Å². The molecule has 3 fully saturated rings. The second-order valence-electron chi connectivity index (χ2n) is 12.3. The van der Waals surface area contributed by atoms with Crippen molar-refractivity contribution in [3.63, 3.8) is 0 Å². The maximum absolute atomic E-state index is 14.6. The van der Waals surface area contributed by atoms with Crippen molar-refractivity contribution < 1.29 is 29.0 Å². The number of likely N-dealkylation sites (tertiary alicyclic amines) is 1. The summed E-state index contributed by atoms with van der Waals surface area (Å²) in [5.41, 5.74) is -0.427. The van der Waals surface area contributed by atoms with E-state index >= 15 is 0 Å². The third-order valence-electron chi connectivity index (χ3n) is 9.50. The maximum Gasteiger partial charge on any atom is 0.248 e. The van der Waals surface area contributed by atoms with Gasteiger partial charge in [0.25, 0.3) is 0 Å². The lowest BCUT2D eigenvalue weighted by atomic mass is 9.66. The lowest BCUT2D eigenvalue weighted by molar-refractivity contribution is -0.151. The summed E-state index contributed by atoms with van der Waals surface area (Å²) in [6.45, 7) is 13.3. The highest BCUT2D eigenvalue weighted by atomic mass is 16.5. The minimum absolute atomic E-state index is 0.0138. The van der Waals surface area contributed by atoms with Crippen LogP contribution in [-0.2, 0) is 25.7 Å². The molecule has 2 aromatic carbocycles. The predicted molar refractivity (Wildman–Crippen MR) is 172 cm³/mol. The van der Waals surface area contributed by atoms with Gasteiger partial charge in [0, 0.05) is 38.5 Å². The van der Waals surface area contributed by atoms with Crippen LogP contribution in [0.4, 0.5) is 5.69 Å². The van der Waals surface area contributed by atoms with Gasteiger partial charge in [0.2, 0.25) is 17.7 Å². The number of unbranched alkanes of at least 4 members (excludes halogenated alkanes) is 1. The first-order valence-corrected chi connectivity index (χ1v) is 15.9. The van der Waals surface area contributed by atoms with Gasteiger partial charge in [-0.05, 0) is 69.4 Å². The van der Waals surface area contributed by atoms with Crippen LogP contribution in [0, 0.1) is 11.8 Å². The minimum atomic E-state index is -1.14. The third kappa shape index (κ3) is 5.91. The minimum Gasteiger partial charge on any atom is -0.494 e. The number of hydrogen-bond donors (Lipinski definition) is 1. The standard InChI is InChI=1S/C36H45N3O6/c1-5-21-37(25-26-13-9-8-10-14-26)34(43)31-36-20-19-35(4,45-36)29(30(36)33(42)39(31)23-11-12-24-40)32(41)38(22-6-2)27-15-17-28(18-16-27)44-7-3/h5-6,8-10,13-18,29-31,40H,1-2,7,11-12,19-25H2,3-4H3/t29-,30-,31?,35+,36?/m0/s1. The molecule has 0 radical (unpaired) electrons. The van der Waals surface area contributed by atoms with E-state index in [-0.39, 0.29) is 37.4 Å². The molecule has 0 saturated carbocycles. The molecule has 3 saturated heterocycles. The van der Waals surface area contributed by atoms with Crippen molar-refractivity contribution >= 4 is 23.4 Å². The first-order chi connectivity index (χ1) is 21.7. The number of carbonyl (C=O) groups excluding carboxylic acids is 3. The Balaban J connectivity index is 1.52. The van der Waals surface area contributed by atoms with Crippen molar-refractivity contribution in [3.8, 4) is 5.75 Å². The molecule has 0 aromatic heterocycles. The molecule has 3 aliphatic rings. The van der Waals surface area contributed by atoms with Crippen LogP contribution in [0.2, 0.25) is 0 Å². The Kier molecular flexibility index (Phi) is 9.79. The number of hydrogen-bond acceptors (Lipinski definition) is 6. The van der Waals surface area contributed by atoms with E-state index in [1.165, 1.54) is 0 Å². The summed E-state index contributed by atoms with van der Waals surface area (Å²) in [6.07, 6.45) is 5.42. The van der Waals surface area contributed by atoms with Crippen LogP contribution in [0.25, 0.3) is 0 Å². The highest BCUT2D eigenvalue weighted by molar-refractivity contribution is 6.03. The van der Waals surface area contributed by atoms with Gasteiger partial charge < -0.3 is 29.3 Å². The lowest BCUT2D eigenvalue weighted by Crippen LogP contribution is -2.56. The molecule has 1 N–H and O–H groups in total. The van der Waals surface area contributed by atoms with Crippen LogP contribution in [0.3, 0.4) is 0 Å². The van der Waals surface area contributed by atoms with Gasteiger partial charge in [-0.25, -0.2) is 0 Å². The largest absolute Gasteiger partial charge is 0.494 e. The first kappa shape index (κ1) is 32.4. The van der Waals surface area contributed by atoms with Gasteiger partial charge >= 0.3 is 0 Å². The molecule has 5 rings (SSSR count). The zero-order valence-corrected chi connectivity index (χ0v) is 26.4. The summed E-state index contributed by atoms with van der Waals surface area (Å²) in [5, 5.41) is 9.50. The molecule has 5 atom stereocenters. The van der Waals surface area contributed by atoms with Crippen LogP contribution in [0.15, 0.2) is 79.9 Å².